The van der Waals surface area contributed by atoms with Crippen LogP contribution in [0.3, 0.4) is 0 Å². The molecule has 0 saturated carbocycles. The van der Waals surface area contributed by atoms with Gasteiger partial charge in [-0.1, -0.05) is 0 Å². The first-order chi connectivity index (χ1) is 3.93. The molecule has 1 aromatic rings. The Kier molecular flexibility index (Phi) is 1.42. The molecule has 3 heteroatoms. The van der Waals surface area contributed by atoms with Crippen LogP contribution in [0.25, 0.3) is 0 Å². The van der Waals surface area contributed by atoms with Crippen LogP contribution in [0.1, 0.15) is 5.82 Å². The Balaban J connectivity index is 2.62. The van der Waals surface area contributed by atoms with Gasteiger partial charge in [0, 0.05) is 12.4 Å². The lowest BCUT2D eigenvalue weighted by molar-refractivity contribution is -0.107. The van der Waals surface area contributed by atoms with Crippen molar-refractivity contribution in [3.63, 3.8) is 0 Å². The Bertz CT molecular complexity index is 157. The van der Waals surface area contributed by atoms with Gasteiger partial charge in [0.1, 0.15) is 12.1 Å². The van der Waals surface area contributed by atoms with Gasteiger partial charge in [0.15, 0.2) is 0 Å². The molecule has 0 aliphatic carbocycles. The van der Waals surface area contributed by atoms with Gasteiger partial charge in [-0.2, -0.15) is 0 Å². The van der Waals surface area contributed by atoms with Gasteiger partial charge in [0.25, 0.3) is 0 Å². The third kappa shape index (κ3) is 0.932. The molecule has 0 aliphatic heterocycles. The fourth-order valence-corrected chi connectivity index (χ4v) is 0.489. The third-order valence-electron chi connectivity index (χ3n) is 0.832. The topological polar surface area (TPSA) is 45.8 Å². The highest BCUT2D eigenvalue weighted by atomic mass is 16.1. The minimum absolute atomic E-state index is 0.382. The van der Waals surface area contributed by atoms with E-state index in [1.807, 2.05) is 0 Å². The van der Waals surface area contributed by atoms with Crippen molar-refractivity contribution in [1.82, 2.24) is 9.97 Å². The minimum Gasteiger partial charge on any atom is -0.348 e. The lowest BCUT2D eigenvalue weighted by atomic mass is 10.5. The van der Waals surface area contributed by atoms with Crippen LogP contribution in [0.5, 0.6) is 0 Å². The van der Waals surface area contributed by atoms with E-state index in [-0.39, 0.29) is 0 Å². The van der Waals surface area contributed by atoms with Crippen molar-refractivity contribution >= 4 is 6.29 Å². The summed E-state index contributed by atoms with van der Waals surface area (Å²) in [5.74, 6) is 0.722. The van der Waals surface area contributed by atoms with E-state index in [0.29, 0.717) is 6.42 Å². The lowest BCUT2D eigenvalue weighted by Gasteiger charge is -1.79. The maximum absolute atomic E-state index is 9.81. The summed E-state index contributed by atoms with van der Waals surface area (Å²) >= 11 is 0. The molecule has 1 aromatic heterocycles. The molecule has 0 unspecified atom stereocenters. The second kappa shape index (κ2) is 2.26. The van der Waals surface area contributed by atoms with Crippen molar-refractivity contribution in [3.8, 4) is 0 Å². The summed E-state index contributed by atoms with van der Waals surface area (Å²) in [6.45, 7) is 0. The average Bonchev–Trinajstić information content (AvgIpc) is 2.19. The van der Waals surface area contributed by atoms with Crippen LogP contribution in [0, 0.1) is 0 Å². The van der Waals surface area contributed by atoms with Crippen molar-refractivity contribution in [2.45, 2.75) is 6.42 Å². The number of rotatable bonds is 2. The Hall–Kier alpha value is -1.12. The molecule has 42 valence electrons. The predicted octanol–water partition coefficient (Wildman–Crippen LogP) is 0.151. The SMILES string of the molecule is O=CCc1ncc[nH]1. The van der Waals surface area contributed by atoms with Crippen molar-refractivity contribution in [2.75, 3.05) is 0 Å². The Labute approximate surface area is 46.8 Å². The van der Waals surface area contributed by atoms with E-state index in [1.54, 1.807) is 12.4 Å². The third-order valence-corrected chi connectivity index (χ3v) is 0.832. The summed E-state index contributed by atoms with van der Waals surface area (Å²) in [6, 6.07) is 0. The zero-order valence-electron chi connectivity index (χ0n) is 4.29. The zero-order chi connectivity index (χ0) is 5.82. The first-order valence-electron chi connectivity index (χ1n) is 2.35. The number of hydrogen-bond donors (Lipinski definition) is 1. The largest absolute Gasteiger partial charge is 0.348 e. The van der Waals surface area contributed by atoms with E-state index < -0.39 is 0 Å². The number of aromatic nitrogens is 2. The van der Waals surface area contributed by atoms with E-state index in [0.717, 1.165) is 12.1 Å². The highest BCUT2D eigenvalue weighted by Gasteiger charge is 1.87. The minimum atomic E-state index is 0.382. The number of hydrogen-bond acceptors (Lipinski definition) is 2. The van der Waals surface area contributed by atoms with E-state index >= 15 is 0 Å². The van der Waals surface area contributed by atoms with Gasteiger partial charge in [-0.15, -0.1) is 0 Å². The van der Waals surface area contributed by atoms with Crippen molar-refractivity contribution in [2.24, 2.45) is 0 Å². The van der Waals surface area contributed by atoms with Crippen LogP contribution < -0.4 is 0 Å². The molecule has 8 heavy (non-hydrogen) atoms. The molecular weight excluding hydrogens is 104 g/mol. The fraction of sp³-hybridized carbons (Fsp3) is 0.200. The maximum atomic E-state index is 9.81. The molecule has 0 saturated heterocycles. The Morgan fingerprint density at radius 1 is 1.88 bits per heavy atom. The van der Waals surface area contributed by atoms with Crippen LogP contribution in [-0.4, -0.2) is 16.3 Å². The normalized spacial score (nSPS) is 9.00. The number of nitrogens with one attached hydrogen (secondary N) is 1. The summed E-state index contributed by atoms with van der Waals surface area (Å²) < 4.78 is 0. The number of carbonyl (C=O) groups excluding carboxylic acids is 1. The fourth-order valence-electron chi connectivity index (χ4n) is 0.489. The van der Waals surface area contributed by atoms with Crippen LogP contribution in [-0.2, 0) is 11.2 Å². The smallest absolute Gasteiger partial charge is 0.127 e. The first kappa shape index (κ1) is 5.03. The summed E-state index contributed by atoms with van der Waals surface area (Å²) in [5.41, 5.74) is 0. The van der Waals surface area contributed by atoms with Crippen LogP contribution in [0.2, 0.25) is 0 Å². The zero-order valence-corrected chi connectivity index (χ0v) is 4.29. The molecule has 1 N–H and O–H groups in total. The second-order valence-corrected chi connectivity index (χ2v) is 1.41. The molecule has 1 rings (SSSR count). The number of aldehydes is 1. The second-order valence-electron chi connectivity index (χ2n) is 1.41. The maximum Gasteiger partial charge on any atom is 0.127 e. The Morgan fingerprint density at radius 3 is 3.25 bits per heavy atom. The highest BCUT2D eigenvalue weighted by Crippen LogP contribution is 1.84. The van der Waals surface area contributed by atoms with Gasteiger partial charge in [0.05, 0.1) is 6.42 Å². The number of aromatic amines is 1. The molecule has 1 heterocycles. The summed E-state index contributed by atoms with van der Waals surface area (Å²) in [7, 11) is 0. The lowest BCUT2D eigenvalue weighted by Crippen LogP contribution is -1.86. The van der Waals surface area contributed by atoms with E-state index in [1.165, 1.54) is 0 Å². The molecule has 0 bridgehead atoms. The van der Waals surface area contributed by atoms with Crippen LogP contribution >= 0.6 is 0 Å². The van der Waals surface area contributed by atoms with Gasteiger partial charge in [-0.3, -0.25) is 0 Å². The quantitative estimate of drug-likeness (QED) is 0.551. The van der Waals surface area contributed by atoms with Crippen molar-refractivity contribution < 1.29 is 4.79 Å². The molecule has 0 aliphatic rings. The van der Waals surface area contributed by atoms with E-state index in [4.69, 9.17) is 0 Å². The number of carbonyl (C=O) groups is 1. The van der Waals surface area contributed by atoms with Crippen LogP contribution in [0.4, 0.5) is 0 Å². The number of H-pyrrole nitrogens is 1. The number of imidazole rings is 1. The molecule has 0 amide bonds. The standard InChI is InChI=1S/C5H6N2O/c8-4-1-5-6-2-3-7-5/h2-4H,1H2,(H,6,7). The molecule has 0 aromatic carbocycles. The molecular formula is C5H6N2O. The molecule has 0 radical (unpaired) electrons. The first-order valence-corrected chi connectivity index (χ1v) is 2.35. The molecule has 3 nitrogen and oxygen atoms in total. The monoisotopic (exact) mass is 110 g/mol. The number of nitrogens with zero attached hydrogens (tertiary/aromatic N) is 1. The van der Waals surface area contributed by atoms with Gasteiger partial charge >= 0.3 is 0 Å². The van der Waals surface area contributed by atoms with Gasteiger partial charge in [-0.05, 0) is 0 Å². The van der Waals surface area contributed by atoms with Crippen molar-refractivity contribution in [3.05, 3.63) is 18.2 Å². The summed E-state index contributed by atoms with van der Waals surface area (Å²) in [4.78, 5) is 16.4. The average molecular weight is 110 g/mol. The van der Waals surface area contributed by atoms with Gasteiger partial charge < -0.3 is 9.78 Å². The molecule has 0 spiro atoms. The van der Waals surface area contributed by atoms with Crippen LogP contribution in [0.15, 0.2) is 12.4 Å². The van der Waals surface area contributed by atoms with Gasteiger partial charge in [0.2, 0.25) is 0 Å². The summed E-state index contributed by atoms with van der Waals surface area (Å²) in [6.07, 6.45) is 4.52. The Morgan fingerprint density at radius 2 is 2.75 bits per heavy atom. The van der Waals surface area contributed by atoms with Gasteiger partial charge in [-0.25, -0.2) is 4.98 Å². The molecule has 0 fully saturated rings. The van der Waals surface area contributed by atoms with Crippen molar-refractivity contribution in [1.29, 1.82) is 0 Å². The predicted molar refractivity (Wildman–Crippen MR) is 28.4 cm³/mol. The van der Waals surface area contributed by atoms with E-state index in [2.05, 4.69) is 9.97 Å². The summed E-state index contributed by atoms with van der Waals surface area (Å²) in [5, 5.41) is 0. The van der Waals surface area contributed by atoms with E-state index in [9.17, 15) is 4.79 Å². The molecule has 0 atom stereocenters. The highest BCUT2D eigenvalue weighted by molar-refractivity contribution is 5.52.